The van der Waals surface area contributed by atoms with Gasteiger partial charge in [-0.05, 0) is 32.1 Å². The fourth-order valence-corrected chi connectivity index (χ4v) is 1.95. The van der Waals surface area contributed by atoms with Gasteiger partial charge < -0.3 is 5.73 Å². The standard InChI is InChI=1S/C10H14F2N3/c11-10(12)9-8(13)6-15(14-9)7-4-2-1-3-5-7/h1,6-7,10H,2-5,13H2. The minimum absolute atomic E-state index is 0.0968. The van der Waals surface area contributed by atoms with Crippen molar-refractivity contribution in [2.75, 3.05) is 5.73 Å². The molecule has 1 heterocycles. The number of nitrogens with zero attached hydrogens (tertiary/aromatic N) is 2. The Hall–Kier alpha value is -1.13. The lowest BCUT2D eigenvalue weighted by molar-refractivity contribution is 0.145. The summed E-state index contributed by atoms with van der Waals surface area (Å²) in [5, 5.41) is 3.86. The van der Waals surface area contributed by atoms with E-state index in [1.807, 2.05) is 0 Å². The van der Waals surface area contributed by atoms with Crippen LogP contribution in [0.2, 0.25) is 0 Å². The average molecular weight is 214 g/mol. The Bertz CT molecular complexity index is 329. The second-order valence-electron chi connectivity index (χ2n) is 3.85. The number of hydrogen-bond acceptors (Lipinski definition) is 2. The van der Waals surface area contributed by atoms with Gasteiger partial charge in [0.1, 0.15) is 0 Å². The number of anilines is 1. The minimum Gasteiger partial charge on any atom is -0.396 e. The molecular formula is C10H14F2N3. The molecular weight excluding hydrogens is 200 g/mol. The van der Waals surface area contributed by atoms with Crippen molar-refractivity contribution in [3.05, 3.63) is 18.3 Å². The van der Waals surface area contributed by atoms with E-state index < -0.39 is 6.43 Å². The molecule has 1 aromatic rings. The highest BCUT2D eigenvalue weighted by Crippen LogP contribution is 2.30. The number of nitrogen functional groups attached to an aromatic ring is 1. The summed E-state index contributed by atoms with van der Waals surface area (Å²) >= 11 is 0. The molecule has 1 aromatic heterocycles. The molecule has 83 valence electrons. The Morgan fingerprint density at radius 3 is 2.60 bits per heavy atom. The smallest absolute Gasteiger partial charge is 0.284 e. The number of aromatic nitrogens is 2. The normalized spacial score (nSPS) is 18.6. The summed E-state index contributed by atoms with van der Waals surface area (Å²) in [6.07, 6.45) is 5.13. The highest BCUT2D eigenvalue weighted by atomic mass is 19.3. The summed E-state index contributed by atoms with van der Waals surface area (Å²) in [5.74, 6) is 0. The molecule has 1 saturated carbocycles. The van der Waals surface area contributed by atoms with Crippen LogP contribution in [-0.2, 0) is 0 Å². The fraction of sp³-hybridized carbons (Fsp3) is 0.600. The molecule has 2 N–H and O–H groups in total. The van der Waals surface area contributed by atoms with E-state index in [4.69, 9.17) is 5.73 Å². The molecule has 5 heteroatoms. The molecule has 0 amide bonds. The molecule has 0 unspecified atom stereocenters. The highest BCUT2D eigenvalue weighted by Gasteiger charge is 2.21. The van der Waals surface area contributed by atoms with Gasteiger partial charge in [-0.25, -0.2) is 8.78 Å². The van der Waals surface area contributed by atoms with Crippen LogP contribution in [0.4, 0.5) is 14.5 Å². The number of rotatable bonds is 2. The molecule has 0 spiro atoms. The van der Waals surface area contributed by atoms with Crippen molar-refractivity contribution >= 4 is 5.69 Å². The third-order valence-electron chi connectivity index (χ3n) is 2.78. The maximum Gasteiger partial charge on any atom is 0.284 e. The quantitative estimate of drug-likeness (QED) is 0.822. The Kier molecular flexibility index (Phi) is 2.88. The van der Waals surface area contributed by atoms with Crippen molar-refractivity contribution in [2.45, 2.75) is 38.2 Å². The van der Waals surface area contributed by atoms with Crippen molar-refractivity contribution in [1.82, 2.24) is 9.78 Å². The van der Waals surface area contributed by atoms with Crippen LogP contribution < -0.4 is 5.73 Å². The van der Waals surface area contributed by atoms with E-state index in [0.29, 0.717) is 0 Å². The molecule has 1 aliphatic rings. The summed E-state index contributed by atoms with van der Waals surface area (Å²) in [7, 11) is 0. The first-order chi connectivity index (χ1) is 7.18. The summed E-state index contributed by atoms with van der Waals surface area (Å²) in [6, 6.07) is 0.227. The van der Waals surface area contributed by atoms with Crippen molar-refractivity contribution in [3.63, 3.8) is 0 Å². The summed E-state index contributed by atoms with van der Waals surface area (Å²) in [6.45, 7) is 0. The molecule has 2 rings (SSSR count). The lowest BCUT2D eigenvalue weighted by Crippen LogP contribution is -2.13. The number of alkyl halides is 2. The van der Waals surface area contributed by atoms with E-state index in [0.717, 1.165) is 25.7 Å². The van der Waals surface area contributed by atoms with Gasteiger partial charge in [0.2, 0.25) is 0 Å². The Morgan fingerprint density at radius 1 is 1.40 bits per heavy atom. The molecule has 0 aliphatic heterocycles. The van der Waals surface area contributed by atoms with Gasteiger partial charge >= 0.3 is 0 Å². The molecule has 1 radical (unpaired) electrons. The van der Waals surface area contributed by atoms with Crippen LogP contribution in [0.25, 0.3) is 0 Å². The van der Waals surface area contributed by atoms with Crippen molar-refractivity contribution in [2.24, 2.45) is 0 Å². The molecule has 0 saturated heterocycles. The Morgan fingerprint density at radius 2 is 2.07 bits per heavy atom. The molecule has 0 atom stereocenters. The predicted molar refractivity (Wildman–Crippen MR) is 53.4 cm³/mol. The van der Waals surface area contributed by atoms with Crippen LogP contribution in [0, 0.1) is 6.42 Å². The first kappa shape index (κ1) is 10.4. The number of halogens is 2. The van der Waals surface area contributed by atoms with Crippen LogP contribution in [0.3, 0.4) is 0 Å². The van der Waals surface area contributed by atoms with Crippen molar-refractivity contribution in [1.29, 1.82) is 0 Å². The van der Waals surface area contributed by atoms with Crippen LogP contribution in [0.15, 0.2) is 6.20 Å². The van der Waals surface area contributed by atoms with Gasteiger partial charge in [0.25, 0.3) is 6.43 Å². The van der Waals surface area contributed by atoms with Crippen LogP contribution in [0.1, 0.15) is 43.8 Å². The van der Waals surface area contributed by atoms with E-state index in [1.54, 1.807) is 4.68 Å². The zero-order valence-electron chi connectivity index (χ0n) is 8.37. The van der Waals surface area contributed by atoms with Gasteiger partial charge in [-0.3, -0.25) is 4.68 Å². The summed E-state index contributed by atoms with van der Waals surface area (Å²) in [5.41, 5.74) is 5.29. The predicted octanol–water partition coefficient (Wildman–Crippen LogP) is 2.72. The molecule has 1 fully saturated rings. The van der Waals surface area contributed by atoms with E-state index in [9.17, 15) is 8.78 Å². The topological polar surface area (TPSA) is 43.8 Å². The first-order valence-electron chi connectivity index (χ1n) is 5.13. The molecule has 15 heavy (non-hydrogen) atoms. The minimum atomic E-state index is -2.58. The largest absolute Gasteiger partial charge is 0.396 e. The average Bonchev–Trinajstić information content (AvgIpc) is 2.62. The monoisotopic (exact) mass is 214 g/mol. The molecule has 1 aliphatic carbocycles. The Balaban J connectivity index is 2.17. The number of nitrogens with two attached hydrogens (primary N) is 1. The van der Waals surface area contributed by atoms with Crippen LogP contribution in [-0.4, -0.2) is 9.78 Å². The number of hydrogen-bond donors (Lipinski definition) is 1. The van der Waals surface area contributed by atoms with E-state index in [-0.39, 0.29) is 17.4 Å². The second kappa shape index (κ2) is 4.16. The van der Waals surface area contributed by atoms with E-state index in [1.165, 1.54) is 6.20 Å². The Labute approximate surface area is 87.3 Å². The van der Waals surface area contributed by atoms with E-state index >= 15 is 0 Å². The lowest BCUT2D eigenvalue weighted by Gasteiger charge is -2.21. The van der Waals surface area contributed by atoms with Crippen molar-refractivity contribution in [3.8, 4) is 0 Å². The maximum absolute atomic E-state index is 12.4. The first-order valence-corrected chi connectivity index (χ1v) is 5.13. The zero-order valence-corrected chi connectivity index (χ0v) is 8.37. The second-order valence-corrected chi connectivity index (χ2v) is 3.85. The van der Waals surface area contributed by atoms with Gasteiger partial charge in [-0.1, -0.05) is 0 Å². The van der Waals surface area contributed by atoms with Gasteiger partial charge in [0, 0.05) is 6.20 Å². The third-order valence-corrected chi connectivity index (χ3v) is 2.78. The molecule has 0 bridgehead atoms. The molecule has 3 nitrogen and oxygen atoms in total. The summed E-state index contributed by atoms with van der Waals surface area (Å²) in [4.78, 5) is 0. The van der Waals surface area contributed by atoms with Crippen LogP contribution in [0.5, 0.6) is 0 Å². The van der Waals surface area contributed by atoms with Gasteiger partial charge in [-0.15, -0.1) is 0 Å². The van der Waals surface area contributed by atoms with Crippen molar-refractivity contribution < 1.29 is 8.78 Å². The molecule has 0 aromatic carbocycles. The van der Waals surface area contributed by atoms with Gasteiger partial charge in [0.15, 0.2) is 5.69 Å². The lowest BCUT2D eigenvalue weighted by atomic mass is 9.96. The van der Waals surface area contributed by atoms with Crippen LogP contribution >= 0.6 is 0 Å². The zero-order chi connectivity index (χ0) is 10.8. The third kappa shape index (κ3) is 2.11. The summed E-state index contributed by atoms with van der Waals surface area (Å²) < 4.78 is 26.5. The highest BCUT2D eigenvalue weighted by molar-refractivity contribution is 5.41. The fourth-order valence-electron chi connectivity index (χ4n) is 1.95. The van der Waals surface area contributed by atoms with E-state index in [2.05, 4.69) is 11.5 Å². The maximum atomic E-state index is 12.4. The van der Waals surface area contributed by atoms with Gasteiger partial charge in [0.05, 0.1) is 11.7 Å². The SMILES string of the molecule is Nc1cn(C2CC[CH]CC2)nc1C(F)F. The van der Waals surface area contributed by atoms with Gasteiger partial charge in [-0.2, -0.15) is 5.10 Å².